The van der Waals surface area contributed by atoms with E-state index in [4.69, 9.17) is 15.0 Å². The normalized spacial score (nSPS) is 13.1. The van der Waals surface area contributed by atoms with Gasteiger partial charge in [-0.15, -0.1) is 0 Å². The van der Waals surface area contributed by atoms with Gasteiger partial charge in [-0.05, 0) is 17.7 Å². The number of hydrogen-bond donors (Lipinski definition) is 2. The zero-order valence-electron chi connectivity index (χ0n) is 8.45. The lowest BCUT2D eigenvalue weighted by atomic mass is 10.1. The van der Waals surface area contributed by atoms with E-state index in [1.807, 2.05) is 0 Å². The molecule has 0 bridgehead atoms. The number of carbonyl (C=O) groups is 1. The molecule has 1 aromatic carbocycles. The van der Waals surface area contributed by atoms with Gasteiger partial charge in [-0.25, -0.2) is 0 Å². The monoisotopic (exact) mass is 245 g/mol. The first-order valence-corrected chi connectivity index (χ1v) is 5.76. The molecule has 0 aliphatic rings. The van der Waals surface area contributed by atoms with E-state index in [2.05, 4.69) is 0 Å². The molecule has 1 unspecified atom stereocenters. The van der Waals surface area contributed by atoms with Crippen molar-refractivity contribution in [1.29, 1.82) is 0 Å². The minimum absolute atomic E-state index is 0.0933. The van der Waals surface area contributed by atoms with Crippen LogP contribution in [-0.4, -0.2) is 26.0 Å². The van der Waals surface area contributed by atoms with Crippen molar-refractivity contribution in [3.63, 3.8) is 0 Å². The molecule has 0 aliphatic carbocycles. The van der Waals surface area contributed by atoms with E-state index in [1.165, 1.54) is 31.4 Å². The molecule has 0 heterocycles. The lowest BCUT2D eigenvalue weighted by Gasteiger charge is -2.10. The van der Waals surface area contributed by atoms with E-state index >= 15 is 0 Å². The highest BCUT2D eigenvalue weighted by molar-refractivity contribution is 7.86. The summed E-state index contributed by atoms with van der Waals surface area (Å²) < 4.78 is 35.6. The van der Waals surface area contributed by atoms with Crippen LogP contribution >= 0.6 is 0 Å². The van der Waals surface area contributed by atoms with Crippen molar-refractivity contribution < 1.29 is 22.5 Å². The number of carbonyl (C=O) groups excluding carboxylic acids is 1. The van der Waals surface area contributed by atoms with Crippen molar-refractivity contribution in [1.82, 2.24) is 0 Å². The van der Waals surface area contributed by atoms with E-state index in [0.29, 0.717) is 5.75 Å². The highest BCUT2D eigenvalue weighted by atomic mass is 32.2. The van der Waals surface area contributed by atoms with Crippen molar-refractivity contribution in [3.8, 4) is 5.75 Å². The molecule has 16 heavy (non-hydrogen) atoms. The molecule has 0 aromatic heterocycles. The minimum Gasteiger partial charge on any atom is -0.497 e. The summed E-state index contributed by atoms with van der Waals surface area (Å²) in [6.07, 6.45) is 0. The molecule has 1 amide bonds. The molecule has 1 aromatic rings. The Morgan fingerprint density at radius 2 is 1.88 bits per heavy atom. The lowest BCUT2D eigenvalue weighted by Crippen LogP contribution is -2.28. The van der Waals surface area contributed by atoms with Gasteiger partial charge in [0.1, 0.15) is 5.75 Å². The van der Waals surface area contributed by atoms with Crippen LogP contribution in [-0.2, 0) is 14.9 Å². The number of primary amides is 1. The van der Waals surface area contributed by atoms with Crippen LogP contribution < -0.4 is 10.5 Å². The highest BCUT2D eigenvalue weighted by Crippen LogP contribution is 2.23. The Balaban J connectivity index is 3.18. The van der Waals surface area contributed by atoms with Crippen molar-refractivity contribution in [2.75, 3.05) is 7.11 Å². The van der Waals surface area contributed by atoms with E-state index in [1.54, 1.807) is 0 Å². The number of ether oxygens (including phenoxy) is 1. The van der Waals surface area contributed by atoms with Gasteiger partial charge < -0.3 is 10.5 Å². The third kappa shape index (κ3) is 2.71. The zero-order chi connectivity index (χ0) is 12.3. The van der Waals surface area contributed by atoms with Crippen LogP contribution in [0.1, 0.15) is 10.8 Å². The molecule has 88 valence electrons. The van der Waals surface area contributed by atoms with Crippen molar-refractivity contribution in [3.05, 3.63) is 29.8 Å². The number of benzene rings is 1. The second kappa shape index (κ2) is 4.50. The van der Waals surface area contributed by atoms with Crippen LogP contribution in [0, 0.1) is 0 Å². The van der Waals surface area contributed by atoms with Gasteiger partial charge in [0.2, 0.25) is 5.91 Å². The smallest absolute Gasteiger partial charge is 0.281 e. The Labute approximate surface area is 92.8 Å². The fraction of sp³-hybridized carbons (Fsp3) is 0.222. The molecule has 1 atom stereocenters. The van der Waals surface area contributed by atoms with Gasteiger partial charge >= 0.3 is 0 Å². The summed E-state index contributed by atoms with van der Waals surface area (Å²) in [7, 11) is -3.10. The summed E-state index contributed by atoms with van der Waals surface area (Å²) in [5.74, 6) is -0.630. The average molecular weight is 245 g/mol. The second-order valence-corrected chi connectivity index (χ2v) is 4.57. The molecule has 0 spiro atoms. The van der Waals surface area contributed by atoms with Gasteiger partial charge in [-0.1, -0.05) is 12.1 Å². The summed E-state index contributed by atoms with van der Waals surface area (Å²) in [6, 6.07) is 5.64. The number of hydrogen-bond acceptors (Lipinski definition) is 4. The predicted molar refractivity (Wildman–Crippen MR) is 56.5 cm³/mol. The van der Waals surface area contributed by atoms with Gasteiger partial charge in [0.15, 0.2) is 5.25 Å². The zero-order valence-corrected chi connectivity index (χ0v) is 9.27. The maximum atomic E-state index is 11.0. The third-order valence-electron chi connectivity index (χ3n) is 1.97. The molecule has 1 rings (SSSR count). The molecule has 0 saturated carbocycles. The summed E-state index contributed by atoms with van der Waals surface area (Å²) >= 11 is 0. The quantitative estimate of drug-likeness (QED) is 0.732. The standard InChI is InChI=1S/C9H11NO5S/c1-15-7-4-2-6(3-5-7)8(9(10)11)16(12,13)14/h2-5,8H,1H3,(H2,10,11)(H,12,13,14). The third-order valence-corrected chi connectivity index (χ3v) is 3.08. The maximum absolute atomic E-state index is 11.0. The molecule has 3 N–H and O–H groups in total. The first kappa shape index (κ1) is 12.5. The van der Waals surface area contributed by atoms with Crippen molar-refractivity contribution in [2.45, 2.75) is 5.25 Å². The number of methoxy groups -OCH3 is 1. The summed E-state index contributed by atoms with van der Waals surface area (Å²) in [5.41, 5.74) is 5.01. The van der Waals surface area contributed by atoms with Gasteiger partial charge in [0.05, 0.1) is 7.11 Å². The molecule has 0 aliphatic heterocycles. The summed E-state index contributed by atoms with van der Waals surface area (Å²) in [6.45, 7) is 0. The van der Waals surface area contributed by atoms with Gasteiger partial charge in [0.25, 0.3) is 10.1 Å². The molecule has 0 fully saturated rings. The van der Waals surface area contributed by atoms with Gasteiger partial charge in [-0.3, -0.25) is 9.35 Å². The van der Waals surface area contributed by atoms with Crippen LogP contribution in [0.15, 0.2) is 24.3 Å². The lowest BCUT2D eigenvalue weighted by molar-refractivity contribution is -0.117. The molecular formula is C9H11NO5S. The van der Waals surface area contributed by atoms with E-state index in [-0.39, 0.29) is 5.56 Å². The van der Waals surface area contributed by atoms with Crippen LogP contribution in [0.5, 0.6) is 5.75 Å². The Morgan fingerprint density at radius 3 is 2.19 bits per heavy atom. The van der Waals surface area contributed by atoms with Crippen LogP contribution in [0.25, 0.3) is 0 Å². The first-order valence-electron chi connectivity index (χ1n) is 4.26. The Kier molecular flexibility index (Phi) is 3.51. The SMILES string of the molecule is COc1ccc(C(C(N)=O)S(=O)(=O)O)cc1. The van der Waals surface area contributed by atoms with Crippen molar-refractivity contribution in [2.24, 2.45) is 5.73 Å². The Bertz CT molecular complexity index is 479. The number of amides is 1. The Hall–Kier alpha value is -1.60. The summed E-state index contributed by atoms with van der Waals surface area (Å²) in [5, 5.41) is -1.75. The second-order valence-electron chi connectivity index (χ2n) is 3.07. The number of rotatable bonds is 4. The summed E-state index contributed by atoms with van der Waals surface area (Å²) in [4.78, 5) is 11.0. The van der Waals surface area contributed by atoms with Gasteiger partial charge in [-0.2, -0.15) is 8.42 Å². The topological polar surface area (TPSA) is 107 Å². The van der Waals surface area contributed by atoms with Crippen LogP contribution in [0.2, 0.25) is 0 Å². The molecule has 0 radical (unpaired) electrons. The molecule has 6 nitrogen and oxygen atoms in total. The minimum atomic E-state index is -4.55. The fourth-order valence-electron chi connectivity index (χ4n) is 1.26. The fourth-order valence-corrected chi connectivity index (χ4v) is 2.06. The van der Waals surface area contributed by atoms with Crippen LogP contribution in [0.4, 0.5) is 0 Å². The maximum Gasteiger partial charge on any atom is 0.281 e. The van der Waals surface area contributed by atoms with E-state index in [0.717, 1.165) is 0 Å². The van der Waals surface area contributed by atoms with E-state index in [9.17, 15) is 13.2 Å². The average Bonchev–Trinajstić information content (AvgIpc) is 2.16. The Morgan fingerprint density at radius 1 is 1.38 bits per heavy atom. The molecule has 7 heteroatoms. The predicted octanol–water partition coefficient (Wildman–Crippen LogP) is 0.109. The van der Waals surface area contributed by atoms with Crippen molar-refractivity contribution >= 4 is 16.0 Å². The van der Waals surface area contributed by atoms with E-state index < -0.39 is 21.3 Å². The highest BCUT2D eigenvalue weighted by Gasteiger charge is 2.30. The van der Waals surface area contributed by atoms with Gasteiger partial charge in [0, 0.05) is 0 Å². The molecule has 0 saturated heterocycles. The molecular weight excluding hydrogens is 234 g/mol. The van der Waals surface area contributed by atoms with Crippen LogP contribution in [0.3, 0.4) is 0 Å². The first-order chi connectivity index (χ1) is 7.36. The number of nitrogens with two attached hydrogens (primary N) is 1. The largest absolute Gasteiger partial charge is 0.497 e.